The quantitative estimate of drug-likeness (QED) is 0.637. The van der Waals surface area contributed by atoms with Crippen molar-refractivity contribution in [1.82, 2.24) is 5.32 Å². The van der Waals surface area contributed by atoms with E-state index < -0.39 is 0 Å². The highest BCUT2D eigenvalue weighted by Gasteiger charge is 2.05. The summed E-state index contributed by atoms with van der Waals surface area (Å²) in [4.78, 5) is 0. The molecule has 0 bridgehead atoms. The fourth-order valence-electron chi connectivity index (χ4n) is 1.92. The van der Waals surface area contributed by atoms with Gasteiger partial charge in [0.15, 0.2) is 0 Å². The zero-order valence-corrected chi connectivity index (χ0v) is 13.8. The number of benzene rings is 1. The maximum Gasteiger partial charge on any atom is 0.123 e. The van der Waals surface area contributed by atoms with Gasteiger partial charge >= 0.3 is 0 Å². The zero-order chi connectivity index (χ0) is 15.5. The van der Waals surface area contributed by atoms with E-state index in [2.05, 4.69) is 38.2 Å². The average Bonchev–Trinajstić information content (AvgIpc) is 2.45. The summed E-state index contributed by atoms with van der Waals surface area (Å²) in [5, 5.41) is 3.43. The summed E-state index contributed by atoms with van der Waals surface area (Å²) in [6, 6.07) is 6.75. The van der Waals surface area contributed by atoms with E-state index in [1.807, 2.05) is 6.07 Å². The largest absolute Gasteiger partial charge is 0.491 e. The molecule has 0 aliphatic rings. The molecule has 1 rings (SSSR count). The molecule has 0 aliphatic carbocycles. The Kier molecular flexibility index (Phi) is 9.06. The van der Waals surface area contributed by atoms with Crippen LogP contribution in [0.4, 0.5) is 0 Å². The monoisotopic (exact) mass is 295 g/mol. The van der Waals surface area contributed by atoms with Crippen molar-refractivity contribution in [3.63, 3.8) is 0 Å². The molecule has 0 spiro atoms. The first kappa shape index (κ1) is 18.0. The Morgan fingerprint density at radius 3 is 2.62 bits per heavy atom. The van der Waals surface area contributed by atoms with Gasteiger partial charge in [-0.2, -0.15) is 0 Å². The van der Waals surface area contributed by atoms with Gasteiger partial charge in [-0.25, -0.2) is 0 Å². The third-order valence-corrected chi connectivity index (χ3v) is 3.04. The van der Waals surface area contributed by atoms with Gasteiger partial charge < -0.3 is 19.5 Å². The maximum absolute atomic E-state index is 5.83. The highest BCUT2D eigenvalue weighted by atomic mass is 16.5. The number of nitrogens with one attached hydrogen (secondary N) is 1. The minimum atomic E-state index is 0.461. The van der Waals surface area contributed by atoms with Gasteiger partial charge in [0.25, 0.3) is 0 Å². The predicted molar refractivity (Wildman–Crippen MR) is 86.0 cm³/mol. The van der Waals surface area contributed by atoms with Gasteiger partial charge in [0, 0.05) is 38.5 Å². The van der Waals surface area contributed by atoms with Crippen molar-refractivity contribution in [2.45, 2.75) is 39.8 Å². The van der Waals surface area contributed by atoms with E-state index in [1.54, 1.807) is 7.11 Å². The fourth-order valence-corrected chi connectivity index (χ4v) is 1.92. The van der Waals surface area contributed by atoms with Crippen LogP contribution in [0.3, 0.4) is 0 Å². The Labute approximate surface area is 128 Å². The van der Waals surface area contributed by atoms with Crippen LogP contribution in [0.25, 0.3) is 0 Å². The summed E-state index contributed by atoms with van der Waals surface area (Å²) in [5.41, 5.74) is 2.45. The van der Waals surface area contributed by atoms with Gasteiger partial charge in [-0.15, -0.1) is 0 Å². The standard InChI is InChI=1S/C17H29NO3/c1-14(2)18-13-16-12-15(3)6-7-17(16)21-11-10-20-9-5-8-19-4/h6-7,12,14,18H,5,8-11,13H2,1-4H3. The SMILES string of the molecule is COCCCOCCOc1ccc(C)cc1CNC(C)C. The maximum atomic E-state index is 5.83. The van der Waals surface area contributed by atoms with E-state index in [4.69, 9.17) is 14.2 Å². The predicted octanol–water partition coefficient (Wildman–Crippen LogP) is 2.92. The molecule has 21 heavy (non-hydrogen) atoms. The third-order valence-electron chi connectivity index (χ3n) is 3.04. The summed E-state index contributed by atoms with van der Waals surface area (Å²) >= 11 is 0. The van der Waals surface area contributed by atoms with E-state index in [9.17, 15) is 0 Å². The summed E-state index contributed by atoms with van der Waals surface area (Å²) < 4.78 is 16.3. The number of hydrogen-bond acceptors (Lipinski definition) is 4. The van der Waals surface area contributed by atoms with Crippen LogP contribution in [-0.4, -0.2) is 39.6 Å². The van der Waals surface area contributed by atoms with Gasteiger partial charge in [0.1, 0.15) is 12.4 Å². The molecule has 120 valence electrons. The van der Waals surface area contributed by atoms with Crippen LogP contribution in [-0.2, 0) is 16.0 Å². The average molecular weight is 295 g/mol. The first-order valence-corrected chi connectivity index (χ1v) is 7.66. The fraction of sp³-hybridized carbons (Fsp3) is 0.647. The van der Waals surface area contributed by atoms with Crippen LogP contribution in [0.2, 0.25) is 0 Å². The van der Waals surface area contributed by atoms with Gasteiger partial charge in [0.05, 0.1) is 6.61 Å². The molecule has 0 amide bonds. The molecule has 4 heteroatoms. The number of rotatable bonds is 11. The molecule has 0 unspecified atom stereocenters. The second-order valence-corrected chi connectivity index (χ2v) is 5.45. The van der Waals surface area contributed by atoms with Gasteiger partial charge in [-0.1, -0.05) is 31.5 Å². The Bertz CT molecular complexity index is 394. The lowest BCUT2D eigenvalue weighted by atomic mass is 10.1. The number of ether oxygens (including phenoxy) is 3. The molecule has 1 aromatic rings. The van der Waals surface area contributed by atoms with Crippen LogP contribution in [0.1, 0.15) is 31.4 Å². The molecule has 0 radical (unpaired) electrons. The van der Waals surface area contributed by atoms with Crippen molar-refractivity contribution >= 4 is 0 Å². The van der Waals surface area contributed by atoms with Crippen molar-refractivity contribution in [1.29, 1.82) is 0 Å². The van der Waals surface area contributed by atoms with Crippen LogP contribution in [0, 0.1) is 6.92 Å². The second kappa shape index (κ2) is 10.6. The Balaban J connectivity index is 2.35. The molecule has 0 heterocycles. The topological polar surface area (TPSA) is 39.7 Å². The zero-order valence-electron chi connectivity index (χ0n) is 13.8. The summed E-state index contributed by atoms with van der Waals surface area (Å²) in [5.74, 6) is 0.939. The number of methoxy groups -OCH3 is 1. The van der Waals surface area contributed by atoms with Gasteiger partial charge in [-0.3, -0.25) is 0 Å². The van der Waals surface area contributed by atoms with Crippen LogP contribution in [0.5, 0.6) is 5.75 Å². The minimum absolute atomic E-state index is 0.461. The third kappa shape index (κ3) is 8.05. The number of hydrogen-bond donors (Lipinski definition) is 1. The van der Waals surface area contributed by atoms with Crippen molar-refractivity contribution in [2.24, 2.45) is 0 Å². The lowest BCUT2D eigenvalue weighted by Gasteiger charge is -2.14. The second-order valence-electron chi connectivity index (χ2n) is 5.45. The van der Waals surface area contributed by atoms with Crippen molar-refractivity contribution < 1.29 is 14.2 Å². The molecule has 0 aliphatic heterocycles. The molecule has 0 fully saturated rings. The highest BCUT2D eigenvalue weighted by Crippen LogP contribution is 2.20. The van der Waals surface area contributed by atoms with E-state index in [-0.39, 0.29) is 0 Å². The molecule has 0 atom stereocenters. The summed E-state index contributed by atoms with van der Waals surface area (Å²) in [6.07, 6.45) is 0.921. The normalized spacial score (nSPS) is 11.1. The highest BCUT2D eigenvalue weighted by molar-refractivity contribution is 5.36. The molecule has 0 saturated heterocycles. The summed E-state index contributed by atoms with van der Waals surface area (Å²) in [7, 11) is 1.70. The molecule has 4 nitrogen and oxygen atoms in total. The van der Waals surface area contributed by atoms with E-state index in [0.717, 1.165) is 25.3 Å². The molecule has 1 N–H and O–H groups in total. The lowest BCUT2D eigenvalue weighted by molar-refractivity contribution is 0.0804. The van der Waals surface area contributed by atoms with E-state index in [1.165, 1.54) is 11.1 Å². The molecular weight excluding hydrogens is 266 g/mol. The Morgan fingerprint density at radius 2 is 1.90 bits per heavy atom. The van der Waals surface area contributed by atoms with Crippen LogP contribution >= 0.6 is 0 Å². The first-order chi connectivity index (χ1) is 10.1. The summed E-state index contributed by atoms with van der Waals surface area (Å²) in [6.45, 7) is 9.84. The molecule has 1 aromatic carbocycles. The molecular formula is C17H29NO3. The lowest BCUT2D eigenvalue weighted by Crippen LogP contribution is -2.22. The Hall–Kier alpha value is -1.10. The Morgan fingerprint density at radius 1 is 1.10 bits per heavy atom. The molecule has 0 saturated carbocycles. The smallest absolute Gasteiger partial charge is 0.123 e. The molecule has 0 aromatic heterocycles. The first-order valence-electron chi connectivity index (χ1n) is 7.66. The van der Waals surface area contributed by atoms with Crippen molar-refractivity contribution in [3.8, 4) is 5.75 Å². The van der Waals surface area contributed by atoms with E-state index in [0.29, 0.717) is 25.9 Å². The minimum Gasteiger partial charge on any atom is -0.491 e. The van der Waals surface area contributed by atoms with E-state index >= 15 is 0 Å². The van der Waals surface area contributed by atoms with Crippen LogP contribution in [0.15, 0.2) is 18.2 Å². The van der Waals surface area contributed by atoms with Crippen LogP contribution < -0.4 is 10.1 Å². The number of aryl methyl sites for hydroxylation is 1. The van der Waals surface area contributed by atoms with Crippen molar-refractivity contribution in [3.05, 3.63) is 29.3 Å². The van der Waals surface area contributed by atoms with Gasteiger partial charge in [-0.05, 0) is 19.4 Å². The van der Waals surface area contributed by atoms with Gasteiger partial charge in [0.2, 0.25) is 0 Å². The van der Waals surface area contributed by atoms with Crippen molar-refractivity contribution in [2.75, 3.05) is 33.5 Å².